The van der Waals surface area contributed by atoms with Crippen molar-refractivity contribution in [1.29, 1.82) is 0 Å². The van der Waals surface area contributed by atoms with Crippen LogP contribution < -0.4 is 27.8 Å². The van der Waals surface area contributed by atoms with Gasteiger partial charge in [-0.2, -0.15) is 0 Å². The van der Waals surface area contributed by atoms with Crippen molar-refractivity contribution in [2.75, 3.05) is 13.1 Å². The molecule has 0 radical (unpaired) electrons. The highest BCUT2D eigenvalue weighted by molar-refractivity contribution is 5.89. The van der Waals surface area contributed by atoms with Crippen LogP contribution >= 0.6 is 0 Å². The van der Waals surface area contributed by atoms with E-state index in [0.29, 0.717) is 25.9 Å². The molecule has 1 aromatic carbocycles. The smallest absolute Gasteiger partial charge is 0.242 e. The van der Waals surface area contributed by atoms with Crippen LogP contribution in [0.2, 0.25) is 0 Å². The molecule has 0 aliphatic rings. The van der Waals surface area contributed by atoms with Gasteiger partial charge >= 0.3 is 0 Å². The lowest BCUT2D eigenvalue weighted by Crippen LogP contribution is -2.53. The Morgan fingerprint density at radius 2 is 1.50 bits per heavy atom. The van der Waals surface area contributed by atoms with E-state index in [1.807, 2.05) is 37.3 Å². The second kappa shape index (κ2) is 14.1. The van der Waals surface area contributed by atoms with E-state index < -0.39 is 12.1 Å². The molecule has 1 rings (SSSR count). The Morgan fingerprint density at radius 3 is 2.11 bits per heavy atom. The molecule has 0 unspecified atom stereocenters. The first kappa shape index (κ1) is 24.1. The number of nitrogens with two attached hydrogens (primary N) is 3. The van der Waals surface area contributed by atoms with Gasteiger partial charge in [-0.25, -0.2) is 0 Å². The Kier molecular flexibility index (Phi) is 12.1. The summed E-state index contributed by atoms with van der Waals surface area (Å²) >= 11 is 0. The fraction of sp³-hybridized carbons (Fsp3) is 0.619. The van der Waals surface area contributed by atoms with Gasteiger partial charge in [0.1, 0.15) is 6.04 Å². The van der Waals surface area contributed by atoms with E-state index in [4.69, 9.17) is 17.2 Å². The first-order chi connectivity index (χ1) is 13.5. The van der Waals surface area contributed by atoms with Crippen molar-refractivity contribution in [3.8, 4) is 0 Å². The van der Waals surface area contributed by atoms with Crippen molar-refractivity contribution in [2.45, 2.75) is 70.0 Å². The van der Waals surface area contributed by atoms with E-state index in [0.717, 1.165) is 37.7 Å². The molecule has 158 valence electrons. The zero-order valence-electron chi connectivity index (χ0n) is 17.0. The number of carbonyl (C=O) groups is 2. The molecule has 28 heavy (non-hydrogen) atoms. The highest BCUT2D eigenvalue weighted by atomic mass is 16.2. The first-order valence-electron chi connectivity index (χ1n) is 10.3. The van der Waals surface area contributed by atoms with Gasteiger partial charge in [0, 0.05) is 6.04 Å². The van der Waals surface area contributed by atoms with Gasteiger partial charge in [0.25, 0.3) is 0 Å². The molecule has 0 aliphatic carbocycles. The average Bonchev–Trinajstić information content (AvgIpc) is 2.67. The fourth-order valence-electron chi connectivity index (χ4n) is 3.04. The van der Waals surface area contributed by atoms with Crippen LogP contribution in [0.25, 0.3) is 0 Å². The minimum absolute atomic E-state index is 0.0398. The van der Waals surface area contributed by atoms with Crippen molar-refractivity contribution in [1.82, 2.24) is 10.6 Å². The lowest BCUT2D eigenvalue weighted by atomic mass is 10.0. The number of benzene rings is 1. The van der Waals surface area contributed by atoms with Crippen molar-refractivity contribution in [3.63, 3.8) is 0 Å². The van der Waals surface area contributed by atoms with Crippen LogP contribution in [0.3, 0.4) is 0 Å². The molecule has 8 N–H and O–H groups in total. The highest BCUT2D eigenvalue weighted by Gasteiger charge is 2.24. The largest absolute Gasteiger partial charge is 0.352 e. The summed E-state index contributed by atoms with van der Waals surface area (Å²) < 4.78 is 0. The van der Waals surface area contributed by atoms with Crippen LogP contribution in [-0.4, -0.2) is 43.0 Å². The molecule has 0 spiro atoms. The predicted octanol–water partition coefficient (Wildman–Crippen LogP) is 0.804. The maximum atomic E-state index is 12.7. The first-order valence-corrected chi connectivity index (χ1v) is 10.3. The summed E-state index contributed by atoms with van der Waals surface area (Å²) in [5.41, 5.74) is 18.1. The third-order valence-electron chi connectivity index (χ3n) is 4.66. The zero-order valence-corrected chi connectivity index (χ0v) is 17.0. The number of hydrogen-bond acceptors (Lipinski definition) is 5. The number of hydrogen-bond donors (Lipinski definition) is 5. The predicted molar refractivity (Wildman–Crippen MR) is 113 cm³/mol. The van der Waals surface area contributed by atoms with Crippen molar-refractivity contribution >= 4 is 11.8 Å². The van der Waals surface area contributed by atoms with Gasteiger partial charge in [0.05, 0.1) is 6.04 Å². The van der Waals surface area contributed by atoms with E-state index in [9.17, 15) is 9.59 Å². The summed E-state index contributed by atoms with van der Waals surface area (Å²) in [7, 11) is 0. The van der Waals surface area contributed by atoms with Gasteiger partial charge in [-0.05, 0) is 64.1 Å². The standard InChI is InChI=1S/C21H37N5O2/c1-16(15-17-9-3-2-4-10-17)25-21(28)19(12-6-8-14-23)26-20(27)18(24)11-5-7-13-22/h2-4,9-10,16,18-19H,5-8,11-15,22-24H2,1H3,(H,25,28)(H,26,27)/t16-,18-,19-/m0/s1. The lowest BCUT2D eigenvalue weighted by Gasteiger charge is -2.23. The summed E-state index contributed by atoms with van der Waals surface area (Å²) in [5.74, 6) is -0.469. The normalized spacial score (nSPS) is 14.1. The minimum Gasteiger partial charge on any atom is -0.352 e. The number of carbonyl (C=O) groups excluding carboxylic acids is 2. The number of amides is 2. The quantitative estimate of drug-likeness (QED) is 0.299. The number of unbranched alkanes of at least 4 members (excludes halogenated alkanes) is 2. The van der Waals surface area contributed by atoms with Crippen molar-refractivity contribution in [2.24, 2.45) is 17.2 Å². The molecule has 1 aromatic rings. The van der Waals surface area contributed by atoms with Crippen LogP contribution in [-0.2, 0) is 16.0 Å². The highest BCUT2D eigenvalue weighted by Crippen LogP contribution is 2.06. The molecule has 0 bridgehead atoms. The van der Waals surface area contributed by atoms with Crippen molar-refractivity contribution < 1.29 is 9.59 Å². The third kappa shape index (κ3) is 9.82. The Hall–Kier alpha value is -1.96. The molecule has 0 fully saturated rings. The number of nitrogens with one attached hydrogen (secondary N) is 2. The second-order valence-electron chi connectivity index (χ2n) is 7.34. The molecule has 7 nitrogen and oxygen atoms in total. The molecular formula is C21H37N5O2. The molecule has 0 saturated heterocycles. The van der Waals surface area contributed by atoms with Crippen LogP contribution in [0.5, 0.6) is 0 Å². The maximum absolute atomic E-state index is 12.7. The van der Waals surface area contributed by atoms with Crippen LogP contribution in [0, 0.1) is 0 Å². The van der Waals surface area contributed by atoms with E-state index in [1.165, 1.54) is 0 Å². The SMILES string of the molecule is C[C@@H](Cc1ccccc1)NC(=O)[C@H](CCCCN)NC(=O)[C@@H](N)CCCCN. The average molecular weight is 392 g/mol. The van der Waals surface area contributed by atoms with Gasteiger partial charge < -0.3 is 27.8 Å². The molecule has 7 heteroatoms. The van der Waals surface area contributed by atoms with Crippen LogP contribution in [0.15, 0.2) is 30.3 Å². The molecule has 3 atom stereocenters. The Balaban J connectivity index is 2.60. The summed E-state index contributed by atoms with van der Waals surface area (Å²) in [4.78, 5) is 25.1. The summed E-state index contributed by atoms with van der Waals surface area (Å²) in [6, 6.07) is 8.72. The van der Waals surface area contributed by atoms with Gasteiger partial charge in [-0.1, -0.05) is 36.8 Å². The monoisotopic (exact) mass is 391 g/mol. The van der Waals surface area contributed by atoms with E-state index >= 15 is 0 Å². The van der Waals surface area contributed by atoms with Gasteiger partial charge in [-0.15, -0.1) is 0 Å². The van der Waals surface area contributed by atoms with Crippen LogP contribution in [0.4, 0.5) is 0 Å². The van der Waals surface area contributed by atoms with E-state index in [2.05, 4.69) is 10.6 Å². The summed E-state index contributed by atoms with van der Waals surface area (Å²) in [6.45, 7) is 3.10. The molecule has 0 saturated carbocycles. The van der Waals surface area contributed by atoms with E-state index in [1.54, 1.807) is 0 Å². The van der Waals surface area contributed by atoms with Gasteiger partial charge in [0.2, 0.25) is 11.8 Å². The van der Waals surface area contributed by atoms with Crippen LogP contribution in [0.1, 0.15) is 51.0 Å². The summed E-state index contributed by atoms with van der Waals surface area (Å²) in [6.07, 6.45) is 5.04. The molecule has 0 aromatic heterocycles. The molecule has 0 aliphatic heterocycles. The van der Waals surface area contributed by atoms with E-state index in [-0.39, 0.29) is 17.9 Å². The fourth-order valence-corrected chi connectivity index (χ4v) is 3.04. The zero-order chi connectivity index (χ0) is 20.8. The molecule has 2 amide bonds. The van der Waals surface area contributed by atoms with Crippen molar-refractivity contribution in [3.05, 3.63) is 35.9 Å². The molecular weight excluding hydrogens is 354 g/mol. The third-order valence-corrected chi connectivity index (χ3v) is 4.66. The number of rotatable bonds is 14. The minimum atomic E-state index is -0.627. The second-order valence-corrected chi connectivity index (χ2v) is 7.34. The Morgan fingerprint density at radius 1 is 0.893 bits per heavy atom. The Bertz CT molecular complexity index is 567. The maximum Gasteiger partial charge on any atom is 0.242 e. The van der Waals surface area contributed by atoms with Gasteiger partial charge in [-0.3, -0.25) is 9.59 Å². The summed E-state index contributed by atoms with van der Waals surface area (Å²) in [5, 5.41) is 5.83. The molecule has 0 heterocycles. The van der Waals surface area contributed by atoms with Gasteiger partial charge in [0.15, 0.2) is 0 Å². The Labute approximate surface area is 168 Å². The topological polar surface area (TPSA) is 136 Å². The lowest BCUT2D eigenvalue weighted by molar-refractivity contribution is -0.130.